The molecule has 1 aliphatic carbocycles. The Morgan fingerprint density at radius 2 is 1.86 bits per heavy atom. The van der Waals surface area contributed by atoms with Gasteiger partial charge < -0.3 is 4.74 Å². The van der Waals surface area contributed by atoms with Crippen LogP contribution in [0.4, 0.5) is 0 Å². The van der Waals surface area contributed by atoms with E-state index in [-0.39, 0.29) is 17.3 Å². The first-order valence-corrected chi connectivity index (χ1v) is 11.0. The molecule has 2 rings (SSSR count). The van der Waals surface area contributed by atoms with E-state index in [2.05, 4.69) is 39.8 Å². The van der Waals surface area contributed by atoms with Crippen LogP contribution in [0.1, 0.15) is 86.0 Å². The first-order chi connectivity index (χ1) is 13.8. The molecule has 0 radical (unpaired) electrons. The van der Waals surface area contributed by atoms with Gasteiger partial charge in [-0.2, -0.15) is 0 Å². The lowest BCUT2D eigenvalue weighted by Gasteiger charge is -2.33. The average Bonchev–Trinajstić information content (AvgIpc) is 2.65. The molecule has 0 N–H and O–H groups in total. The number of allylic oxidation sites excluding steroid dienone is 8. The smallest absolute Gasteiger partial charge is 0.224 e. The molecule has 0 saturated heterocycles. The SMILES string of the molecule is CCCCCC1=CC(=O)C2=C(OC(C)(CCC=C(C)CCC=C(C)C)C=C2)C1=O. The van der Waals surface area contributed by atoms with Crippen LogP contribution in [0.3, 0.4) is 0 Å². The highest BCUT2D eigenvalue weighted by Gasteiger charge is 2.36. The van der Waals surface area contributed by atoms with Gasteiger partial charge in [0.05, 0.1) is 5.57 Å². The molecule has 0 fully saturated rings. The minimum atomic E-state index is -0.558. The summed E-state index contributed by atoms with van der Waals surface area (Å²) in [5, 5.41) is 0. The molecular formula is C26H36O3. The first kappa shape index (κ1) is 23.1. The second-order valence-electron chi connectivity index (χ2n) is 8.72. The maximum Gasteiger partial charge on any atom is 0.224 e. The number of hydrogen-bond donors (Lipinski definition) is 0. The van der Waals surface area contributed by atoms with E-state index in [4.69, 9.17) is 4.74 Å². The molecule has 1 heterocycles. The summed E-state index contributed by atoms with van der Waals surface area (Å²) < 4.78 is 6.13. The minimum Gasteiger partial charge on any atom is -0.479 e. The van der Waals surface area contributed by atoms with Crippen LogP contribution in [-0.2, 0) is 14.3 Å². The average molecular weight is 397 g/mol. The van der Waals surface area contributed by atoms with Crippen molar-refractivity contribution >= 4 is 11.6 Å². The quantitative estimate of drug-likeness (QED) is 0.234. The van der Waals surface area contributed by atoms with Gasteiger partial charge in [-0.1, -0.05) is 43.1 Å². The molecule has 0 amide bonds. The Labute approximate surface area is 176 Å². The molecule has 2 aliphatic rings. The lowest BCUT2D eigenvalue weighted by molar-refractivity contribution is -0.121. The predicted molar refractivity (Wildman–Crippen MR) is 120 cm³/mol. The third-order valence-corrected chi connectivity index (χ3v) is 5.53. The van der Waals surface area contributed by atoms with Gasteiger partial charge in [0.1, 0.15) is 5.60 Å². The van der Waals surface area contributed by atoms with E-state index in [0.29, 0.717) is 17.6 Å². The fraction of sp³-hybridized carbons (Fsp3) is 0.538. The fourth-order valence-electron chi connectivity index (χ4n) is 3.65. The summed E-state index contributed by atoms with van der Waals surface area (Å²) in [6.07, 6.45) is 17.2. The Bertz CT molecular complexity index is 785. The fourth-order valence-corrected chi connectivity index (χ4v) is 3.65. The van der Waals surface area contributed by atoms with Crippen molar-refractivity contribution in [3.63, 3.8) is 0 Å². The molecule has 0 bridgehead atoms. The monoisotopic (exact) mass is 396 g/mol. The van der Waals surface area contributed by atoms with Crippen LogP contribution in [0.15, 0.2) is 58.4 Å². The number of hydrogen-bond acceptors (Lipinski definition) is 3. The molecule has 1 atom stereocenters. The van der Waals surface area contributed by atoms with Crippen LogP contribution in [0.5, 0.6) is 0 Å². The summed E-state index contributed by atoms with van der Waals surface area (Å²) in [5.74, 6) is 0.0254. The molecule has 3 nitrogen and oxygen atoms in total. The van der Waals surface area contributed by atoms with Crippen molar-refractivity contribution in [1.82, 2.24) is 0 Å². The molecule has 0 saturated carbocycles. The Balaban J connectivity index is 1.98. The Kier molecular flexibility index (Phi) is 8.43. The van der Waals surface area contributed by atoms with Crippen LogP contribution in [-0.4, -0.2) is 17.2 Å². The van der Waals surface area contributed by atoms with Gasteiger partial charge in [-0.15, -0.1) is 0 Å². The standard InChI is InChI=1S/C26H36O3/c1-6-7-8-14-21-18-23(27)22-15-17-26(5,29-25(22)24(21)28)16-10-13-20(4)12-9-11-19(2)3/h11,13,15,17-18H,6-10,12,14,16H2,1-5H3. The largest absolute Gasteiger partial charge is 0.479 e. The predicted octanol–water partition coefficient (Wildman–Crippen LogP) is 6.72. The van der Waals surface area contributed by atoms with E-state index < -0.39 is 5.60 Å². The normalized spacial score (nSPS) is 21.7. The zero-order valence-corrected chi connectivity index (χ0v) is 18.8. The van der Waals surface area contributed by atoms with E-state index in [1.807, 2.05) is 13.0 Å². The van der Waals surface area contributed by atoms with Gasteiger partial charge in [-0.25, -0.2) is 0 Å². The van der Waals surface area contributed by atoms with Crippen molar-refractivity contribution in [2.45, 2.75) is 91.6 Å². The maximum absolute atomic E-state index is 12.9. The van der Waals surface area contributed by atoms with Crippen molar-refractivity contribution in [3.05, 3.63) is 58.4 Å². The number of ketones is 2. The zero-order valence-electron chi connectivity index (χ0n) is 18.8. The molecule has 29 heavy (non-hydrogen) atoms. The van der Waals surface area contributed by atoms with Gasteiger partial charge in [-0.3, -0.25) is 9.59 Å². The highest BCUT2D eigenvalue weighted by Crippen LogP contribution is 2.35. The number of rotatable bonds is 10. The number of carbonyl (C=O) groups excluding carboxylic acids is 2. The van der Waals surface area contributed by atoms with E-state index in [1.54, 1.807) is 6.08 Å². The molecule has 0 aromatic heterocycles. The summed E-state index contributed by atoms with van der Waals surface area (Å²) in [4.78, 5) is 25.3. The lowest BCUT2D eigenvalue weighted by Crippen LogP contribution is -2.34. The molecule has 0 aromatic rings. The summed E-state index contributed by atoms with van der Waals surface area (Å²) in [6, 6.07) is 0. The van der Waals surface area contributed by atoms with E-state index in [0.717, 1.165) is 44.9 Å². The van der Waals surface area contributed by atoms with Crippen LogP contribution in [0.2, 0.25) is 0 Å². The Hall–Kier alpha value is -2.16. The van der Waals surface area contributed by atoms with Gasteiger partial charge in [0.25, 0.3) is 0 Å². The van der Waals surface area contributed by atoms with Crippen LogP contribution >= 0.6 is 0 Å². The number of Topliss-reactive ketones (excluding diaryl/α,β-unsaturated/α-hetero) is 1. The summed E-state index contributed by atoms with van der Waals surface area (Å²) in [6.45, 7) is 10.5. The highest BCUT2D eigenvalue weighted by molar-refractivity contribution is 6.23. The van der Waals surface area contributed by atoms with Crippen molar-refractivity contribution in [2.24, 2.45) is 0 Å². The van der Waals surface area contributed by atoms with Crippen molar-refractivity contribution in [2.75, 3.05) is 0 Å². The minimum absolute atomic E-state index is 0.111. The molecule has 0 aromatic carbocycles. The molecule has 158 valence electrons. The first-order valence-electron chi connectivity index (χ1n) is 11.0. The molecule has 1 unspecified atom stereocenters. The molecule has 0 spiro atoms. The van der Waals surface area contributed by atoms with Crippen molar-refractivity contribution in [1.29, 1.82) is 0 Å². The third kappa shape index (κ3) is 6.69. The number of ether oxygens (including phenoxy) is 1. The molecule has 3 heteroatoms. The second-order valence-corrected chi connectivity index (χ2v) is 8.72. The molecule has 1 aliphatic heterocycles. The summed E-state index contributed by atoms with van der Waals surface area (Å²) in [5.41, 5.74) is 3.16. The Morgan fingerprint density at radius 1 is 1.10 bits per heavy atom. The van der Waals surface area contributed by atoms with Gasteiger partial charge in [0.15, 0.2) is 11.5 Å². The van der Waals surface area contributed by atoms with Crippen molar-refractivity contribution < 1.29 is 14.3 Å². The van der Waals surface area contributed by atoms with Crippen molar-refractivity contribution in [3.8, 4) is 0 Å². The van der Waals surface area contributed by atoms with Gasteiger partial charge in [0.2, 0.25) is 5.78 Å². The number of unbranched alkanes of at least 4 members (excludes halogenated alkanes) is 2. The zero-order chi connectivity index (χ0) is 21.4. The number of carbonyl (C=O) groups is 2. The van der Waals surface area contributed by atoms with E-state index >= 15 is 0 Å². The van der Waals surface area contributed by atoms with E-state index in [1.165, 1.54) is 17.2 Å². The lowest BCUT2D eigenvalue weighted by atomic mass is 9.87. The second kappa shape index (κ2) is 10.6. The van der Waals surface area contributed by atoms with Gasteiger partial charge in [0, 0.05) is 5.57 Å². The van der Waals surface area contributed by atoms with Gasteiger partial charge >= 0.3 is 0 Å². The highest BCUT2D eigenvalue weighted by atomic mass is 16.5. The van der Waals surface area contributed by atoms with Gasteiger partial charge in [-0.05, 0) is 84.4 Å². The maximum atomic E-state index is 12.9. The van der Waals surface area contributed by atoms with Crippen LogP contribution in [0.25, 0.3) is 0 Å². The molecular weight excluding hydrogens is 360 g/mol. The van der Waals surface area contributed by atoms with Crippen LogP contribution < -0.4 is 0 Å². The summed E-state index contributed by atoms with van der Waals surface area (Å²) >= 11 is 0. The van der Waals surface area contributed by atoms with Crippen LogP contribution in [0, 0.1) is 0 Å². The summed E-state index contributed by atoms with van der Waals surface area (Å²) in [7, 11) is 0. The Morgan fingerprint density at radius 3 is 2.55 bits per heavy atom. The topological polar surface area (TPSA) is 43.4 Å². The van der Waals surface area contributed by atoms with E-state index in [9.17, 15) is 9.59 Å². The third-order valence-electron chi connectivity index (χ3n) is 5.53.